The number of ether oxygens (including phenoxy) is 1. The Hall–Kier alpha value is -2.29. The summed E-state index contributed by atoms with van der Waals surface area (Å²) in [7, 11) is 0. The number of carbonyl (C=O) groups is 1. The van der Waals surface area contributed by atoms with E-state index >= 15 is 0 Å². The van der Waals surface area contributed by atoms with Gasteiger partial charge < -0.3 is 10.1 Å². The van der Waals surface area contributed by atoms with Gasteiger partial charge in [0.1, 0.15) is 5.75 Å². The first-order chi connectivity index (χ1) is 10.4. The van der Waals surface area contributed by atoms with Gasteiger partial charge >= 0.3 is 0 Å². The van der Waals surface area contributed by atoms with Gasteiger partial charge in [-0.2, -0.15) is 0 Å². The van der Waals surface area contributed by atoms with Gasteiger partial charge in [-0.05, 0) is 42.2 Å². The first-order valence-electron chi connectivity index (χ1n) is 7.49. The molecule has 0 aliphatic heterocycles. The van der Waals surface area contributed by atoms with E-state index in [0.29, 0.717) is 5.75 Å². The van der Waals surface area contributed by atoms with Crippen LogP contribution in [0.3, 0.4) is 0 Å². The molecular weight excluding hydrogens is 274 g/mol. The summed E-state index contributed by atoms with van der Waals surface area (Å²) in [6, 6.07) is 17.3. The van der Waals surface area contributed by atoms with Crippen LogP contribution in [-0.2, 0) is 10.2 Å². The number of rotatable bonds is 4. The van der Waals surface area contributed by atoms with Crippen LogP contribution in [0.1, 0.15) is 33.3 Å². The maximum absolute atomic E-state index is 12.2. The fourth-order valence-electron chi connectivity index (χ4n) is 2.05. The van der Waals surface area contributed by atoms with Crippen molar-refractivity contribution in [2.75, 3.05) is 5.32 Å². The zero-order valence-electron chi connectivity index (χ0n) is 13.6. The monoisotopic (exact) mass is 297 g/mol. The van der Waals surface area contributed by atoms with Gasteiger partial charge in [-0.15, -0.1) is 0 Å². The molecule has 116 valence electrons. The molecular formula is C19H23NO2. The third-order valence-corrected chi connectivity index (χ3v) is 3.44. The van der Waals surface area contributed by atoms with E-state index in [4.69, 9.17) is 4.74 Å². The standard InChI is InChI=1S/C19H23NO2/c1-14(22-17-8-6-5-7-9-17)18(21)20-16-12-10-15(11-13-16)19(2,3)4/h5-14H,1-4H3,(H,20,21). The van der Waals surface area contributed by atoms with Crippen molar-refractivity contribution in [3.05, 3.63) is 60.2 Å². The largest absolute Gasteiger partial charge is 0.481 e. The van der Waals surface area contributed by atoms with Crippen LogP contribution in [0.5, 0.6) is 5.75 Å². The maximum atomic E-state index is 12.2. The fourth-order valence-corrected chi connectivity index (χ4v) is 2.05. The highest BCUT2D eigenvalue weighted by atomic mass is 16.5. The van der Waals surface area contributed by atoms with Crippen molar-refractivity contribution in [2.24, 2.45) is 0 Å². The van der Waals surface area contributed by atoms with Crippen molar-refractivity contribution < 1.29 is 9.53 Å². The van der Waals surface area contributed by atoms with E-state index in [2.05, 4.69) is 26.1 Å². The van der Waals surface area contributed by atoms with Crippen LogP contribution in [0.4, 0.5) is 5.69 Å². The summed E-state index contributed by atoms with van der Waals surface area (Å²) in [4.78, 5) is 12.2. The molecule has 0 radical (unpaired) electrons. The Morgan fingerprint density at radius 3 is 2.14 bits per heavy atom. The molecule has 3 nitrogen and oxygen atoms in total. The lowest BCUT2D eigenvalue weighted by molar-refractivity contribution is -0.122. The molecule has 0 aromatic heterocycles. The Morgan fingerprint density at radius 2 is 1.59 bits per heavy atom. The third-order valence-electron chi connectivity index (χ3n) is 3.44. The van der Waals surface area contributed by atoms with Crippen molar-refractivity contribution in [1.29, 1.82) is 0 Å². The molecule has 0 spiro atoms. The average molecular weight is 297 g/mol. The van der Waals surface area contributed by atoms with E-state index in [1.807, 2.05) is 54.6 Å². The highest BCUT2D eigenvalue weighted by Crippen LogP contribution is 2.23. The average Bonchev–Trinajstić information content (AvgIpc) is 2.48. The normalized spacial score (nSPS) is 12.5. The van der Waals surface area contributed by atoms with E-state index < -0.39 is 6.10 Å². The SMILES string of the molecule is CC(Oc1ccccc1)C(=O)Nc1ccc(C(C)(C)C)cc1. The van der Waals surface area contributed by atoms with Gasteiger partial charge in [-0.3, -0.25) is 4.79 Å². The summed E-state index contributed by atoms with van der Waals surface area (Å²) in [6.07, 6.45) is -0.551. The third kappa shape index (κ3) is 4.35. The van der Waals surface area contributed by atoms with E-state index in [-0.39, 0.29) is 11.3 Å². The summed E-state index contributed by atoms with van der Waals surface area (Å²) in [5.41, 5.74) is 2.12. The topological polar surface area (TPSA) is 38.3 Å². The van der Waals surface area contributed by atoms with Crippen molar-refractivity contribution in [1.82, 2.24) is 0 Å². The van der Waals surface area contributed by atoms with Gasteiger partial charge in [0.25, 0.3) is 5.91 Å². The number of hydrogen-bond acceptors (Lipinski definition) is 2. The van der Waals surface area contributed by atoms with Crippen LogP contribution in [0.2, 0.25) is 0 Å². The number of anilines is 1. The molecule has 0 saturated heterocycles. The smallest absolute Gasteiger partial charge is 0.265 e. The Balaban J connectivity index is 1.96. The number of amides is 1. The van der Waals surface area contributed by atoms with Crippen LogP contribution >= 0.6 is 0 Å². The molecule has 0 fully saturated rings. The Kier molecular flexibility index (Phi) is 4.86. The minimum atomic E-state index is -0.551. The molecule has 1 N–H and O–H groups in total. The van der Waals surface area contributed by atoms with Gasteiger partial charge in [0.05, 0.1) is 0 Å². The maximum Gasteiger partial charge on any atom is 0.265 e. The van der Waals surface area contributed by atoms with Gasteiger partial charge in [0.15, 0.2) is 6.10 Å². The van der Waals surface area contributed by atoms with Crippen LogP contribution < -0.4 is 10.1 Å². The number of benzene rings is 2. The first kappa shape index (κ1) is 16.1. The molecule has 0 aliphatic rings. The van der Waals surface area contributed by atoms with E-state index in [1.165, 1.54) is 5.56 Å². The van der Waals surface area contributed by atoms with Crippen molar-refractivity contribution in [3.8, 4) is 5.75 Å². The van der Waals surface area contributed by atoms with E-state index in [0.717, 1.165) is 5.69 Å². The molecule has 2 rings (SSSR count). The van der Waals surface area contributed by atoms with Crippen LogP contribution in [-0.4, -0.2) is 12.0 Å². The highest BCUT2D eigenvalue weighted by Gasteiger charge is 2.16. The van der Waals surface area contributed by atoms with Crippen LogP contribution in [0.15, 0.2) is 54.6 Å². The van der Waals surface area contributed by atoms with E-state index in [1.54, 1.807) is 6.92 Å². The number of para-hydroxylation sites is 1. The summed E-state index contributed by atoms with van der Waals surface area (Å²) >= 11 is 0. The molecule has 0 bridgehead atoms. The molecule has 3 heteroatoms. The van der Waals surface area contributed by atoms with Crippen LogP contribution in [0, 0.1) is 0 Å². The predicted molar refractivity (Wildman–Crippen MR) is 90.3 cm³/mol. The predicted octanol–water partition coefficient (Wildman–Crippen LogP) is 4.39. The minimum Gasteiger partial charge on any atom is -0.481 e. The summed E-state index contributed by atoms with van der Waals surface area (Å²) in [5, 5.41) is 2.88. The van der Waals surface area contributed by atoms with Gasteiger partial charge in [0, 0.05) is 5.69 Å². The molecule has 22 heavy (non-hydrogen) atoms. The molecule has 2 aromatic carbocycles. The van der Waals surface area contributed by atoms with Gasteiger partial charge in [0.2, 0.25) is 0 Å². The molecule has 0 aliphatic carbocycles. The second-order valence-electron chi connectivity index (χ2n) is 6.39. The van der Waals surface area contributed by atoms with Crippen LogP contribution in [0.25, 0.3) is 0 Å². The molecule has 1 unspecified atom stereocenters. The molecule has 1 amide bonds. The first-order valence-corrected chi connectivity index (χ1v) is 7.49. The van der Waals surface area contributed by atoms with E-state index in [9.17, 15) is 4.79 Å². The van der Waals surface area contributed by atoms with Crippen molar-refractivity contribution in [2.45, 2.75) is 39.2 Å². The lowest BCUT2D eigenvalue weighted by Gasteiger charge is -2.19. The number of hydrogen-bond donors (Lipinski definition) is 1. The molecule has 2 aromatic rings. The quantitative estimate of drug-likeness (QED) is 0.909. The Labute approximate surface area is 132 Å². The lowest BCUT2D eigenvalue weighted by Crippen LogP contribution is -2.30. The number of carbonyl (C=O) groups excluding carboxylic acids is 1. The summed E-state index contributed by atoms with van der Waals surface area (Å²) in [5.74, 6) is 0.528. The van der Waals surface area contributed by atoms with Crippen molar-refractivity contribution >= 4 is 11.6 Å². The molecule has 0 saturated carbocycles. The second kappa shape index (κ2) is 6.65. The second-order valence-corrected chi connectivity index (χ2v) is 6.39. The fraction of sp³-hybridized carbons (Fsp3) is 0.316. The number of nitrogens with one attached hydrogen (secondary N) is 1. The Bertz CT molecular complexity index is 612. The summed E-state index contributed by atoms with van der Waals surface area (Å²) in [6.45, 7) is 8.23. The zero-order chi connectivity index (χ0) is 16.2. The van der Waals surface area contributed by atoms with Gasteiger partial charge in [-0.25, -0.2) is 0 Å². The molecule has 1 atom stereocenters. The summed E-state index contributed by atoms with van der Waals surface area (Å²) < 4.78 is 5.61. The minimum absolute atomic E-state index is 0.103. The zero-order valence-corrected chi connectivity index (χ0v) is 13.6. The van der Waals surface area contributed by atoms with Crippen molar-refractivity contribution in [3.63, 3.8) is 0 Å². The lowest BCUT2D eigenvalue weighted by atomic mass is 9.87. The van der Waals surface area contributed by atoms with Gasteiger partial charge in [-0.1, -0.05) is 51.1 Å². The Morgan fingerprint density at radius 1 is 1.00 bits per heavy atom. The molecule has 0 heterocycles. The highest BCUT2D eigenvalue weighted by molar-refractivity contribution is 5.94.